The number of hydrogen-bond acceptors (Lipinski definition) is 3. The van der Waals surface area contributed by atoms with Crippen molar-refractivity contribution in [3.8, 4) is 11.3 Å². The number of fused-ring (bicyclic) bond motifs is 2. The van der Waals surface area contributed by atoms with E-state index in [-0.39, 0.29) is 12.3 Å². The smallest absolute Gasteiger partial charge is 0.230 e. The lowest BCUT2D eigenvalue weighted by Crippen LogP contribution is -2.14. The number of aryl methyl sites for hydroxylation is 1. The van der Waals surface area contributed by atoms with Gasteiger partial charge in [-0.3, -0.25) is 4.79 Å². The summed E-state index contributed by atoms with van der Waals surface area (Å²) < 4.78 is 0. The summed E-state index contributed by atoms with van der Waals surface area (Å²) in [6, 6.07) is 13.8. The van der Waals surface area contributed by atoms with Crippen molar-refractivity contribution in [3.63, 3.8) is 0 Å². The lowest BCUT2D eigenvalue weighted by atomic mass is 10.1. The molecule has 3 aromatic heterocycles. The number of carbonyl (C=O) groups is 1. The second-order valence-electron chi connectivity index (χ2n) is 6.94. The number of anilines is 1. The maximum absolute atomic E-state index is 12.6. The molecule has 29 heavy (non-hydrogen) atoms. The van der Waals surface area contributed by atoms with Crippen LogP contribution in [0.3, 0.4) is 0 Å². The molecular weight excluding hydrogens is 404 g/mol. The van der Waals surface area contributed by atoms with Crippen LogP contribution in [-0.2, 0) is 11.2 Å². The SMILES string of the molecule is Cc1[nH]c2ccccc2c1-c1csc(NC(=O)Cc2c[nH]c3cc(Cl)ccc23)n1. The number of nitrogens with zero attached hydrogens (tertiary/aromatic N) is 1. The highest BCUT2D eigenvalue weighted by Gasteiger charge is 2.15. The van der Waals surface area contributed by atoms with E-state index < -0.39 is 0 Å². The molecular formula is C22H17ClN4OS. The zero-order valence-electron chi connectivity index (χ0n) is 15.5. The summed E-state index contributed by atoms with van der Waals surface area (Å²) in [5.41, 5.74) is 5.93. The number of rotatable bonds is 4. The van der Waals surface area contributed by atoms with Crippen LogP contribution in [0.15, 0.2) is 54.0 Å². The van der Waals surface area contributed by atoms with E-state index >= 15 is 0 Å². The Kier molecular flexibility index (Phi) is 4.38. The number of benzene rings is 2. The number of halogens is 1. The predicted molar refractivity (Wildman–Crippen MR) is 120 cm³/mol. The molecule has 0 aliphatic carbocycles. The molecule has 3 heterocycles. The largest absolute Gasteiger partial charge is 0.361 e. The number of aromatic amines is 2. The third-order valence-corrected chi connectivity index (χ3v) is 5.97. The topological polar surface area (TPSA) is 73.6 Å². The van der Waals surface area contributed by atoms with Crippen LogP contribution in [0.5, 0.6) is 0 Å². The molecule has 0 fully saturated rings. The van der Waals surface area contributed by atoms with Crippen LogP contribution in [0, 0.1) is 6.92 Å². The van der Waals surface area contributed by atoms with E-state index in [1.165, 1.54) is 11.3 Å². The highest BCUT2D eigenvalue weighted by atomic mass is 35.5. The average Bonchev–Trinajstić information content (AvgIpc) is 3.38. The Morgan fingerprint density at radius 2 is 2.03 bits per heavy atom. The van der Waals surface area contributed by atoms with Gasteiger partial charge in [-0.25, -0.2) is 4.98 Å². The molecule has 144 valence electrons. The number of amides is 1. The van der Waals surface area contributed by atoms with E-state index in [0.717, 1.165) is 44.3 Å². The normalized spacial score (nSPS) is 11.4. The van der Waals surface area contributed by atoms with Crippen LogP contribution in [-0.4, -0.2) is 20.9 Å². The first-order valence-corrected chi connectivity index (χ1v) is 10.4. The number of para-hydroxylation sites is 1. The highest BCUT2D eigenvalue weighted by Crippen LogP contribution is 2.34. The highest BCUT2D eigenvalue weighted by molar-refractivity contribution is 7.14. The Bertz CT molecular complexity index is 1360. The number of aromatic nitrogens is 3. The van der Waals surface area contributed by atoms with Gasteiger partial charge in [-0.05, 0) is 30.7 Å². The summed E-state index contributed by atoms with van der Waals surface area (Å²) >= 11 is 7.45. The number of H-pyrrole nitrogens is 2. The molecule has 1 amide bonds. The third kappa shape index (κ3) is 3.30. The Hall–Kier alpha value is -3.09. The Morgan fingerprint density at radius 1 is 1.17 bits per heavy atom. The van der Waals surface area contributed by atoms with Gasteiger partial charge in [0.05, 0.1) is 12.1 Å². The maximum atomic E-state index is 12.6. The first kappa shape index (κ1) is 18.0. The Morgan fingerprint density at radius 3 is 2.93 bits per heavy atom. The van der Waals surface area contributed by atoms with E-state index in [4.69, 9.17) is 11.6 Å². The number of thiazole rings is 1. The second-order valence-corrected chi connectivity index (χ2v) is 8.23. The van der Waals surface area contributed by atoms with Gasteiger partial charge in [-0.2, -0.15) is 0 Å². The van der Waals surface area contributed by atoms with Crippen LogP contribution < -0.4 is 5.32 Å². The fourth-order valence-electron chi connectivity index (χ4n) is 3.69. The molecule has 5 rings (SSSR count). The third-order valence-electron chi connectivity index (χ3n) is 4.98. The fourth-order valence-corrected chi connectivity index (χ4v) is 4.58. The van der Waals surface area contributed by atoms with E-state index in [1.54, 1.807) is 0 Å². The van der Waals surface area contributed by atoms with Crippen molar-refractivity contribution in [1.82, 2.24) is 15.0 Å². The second kappa shape index (κ2) is 7.06. The molecule has 2 aromatic carbocycles. The molecule has 0 atom stereocenters. The van der Waals surface area contributed by atoms with Crippen molar-refractivity contribution in [3.05, 3.63) is 70.3 Å². The Labute approximate surface area is 175 Å². The standard InChI is InChI=1S/C22H17ClN4OS/c1-12-21(16-4-2-3-5-17(16)25-12)19-11-29-22(26-19)27-20(28)8-13-10-24-18-9-14(23)6-7-15(13)18/h2-7,9-11,24-25H,8H2,1H3,(H,26,27,28). The molecule has 0 unspecified atom stereocenters. The summed E-state index contributed by atoms with van der Waals surface area (Å²) in [5, 5.41) is 8.29. The van der Waals surface area contributed by atoms with Crippen molar-refractivity contribution >= 4 is 55.8 Å². The van der Waals surface area contributed by atoms with E-state index in [0.29, 0.717) is 10.2 Å². The first-order valence-electron chi connectivity index (χ1n) is 9.17. The summed E-state index contributed by atoms with van der Waals surface area (Å²) in [5.74, 6) is -0.0996. The molecule has 0 saturated heterocycles. The van der Waals surface area contributed by atoms with Crippen molar-refractivity contribution in [2.75, 3.05) is 5.32 Å². The van der Waals surface area contributed by atoms with Gasteiger partial charge in [-0.1, -0.05) is 35.9 Å². The number of nitrogens with one attached hydrogen (secondary N) is 3. The monoisotopic (exact) mass is 420 g/mol. The van der Waals surface area contributed by atoms with Gasteiger partial charge in [0.15, 0.2) is 5.13 Å². The summed E-state index contributed by atoms with van der Waals surface area (Å²) in [6.45, 7) is 2.04. The minimum atomic E-state index is -0.0996. The minimum Gasteiger partial charge on any atom is -0.361 e. The zero-order chi connectivity index (χ0) is 20.0. The lowest BCUT2D eigenvalue weighted by Gasteiger charge is -2.01. The molecule has 0 radical (unpaired) electrons. The van der Waals surface area contributed by atoms with Gasteiger partial charge < -0.3 is 15.3 Å². The van der Waals surface area contributed by atoms with Gasteiger partial charge >= 0.3 is 0 Å². The van der Waals surface area contributed by atoms with Crippen LogP contribution in [0.2, 0.25) is 5.02 Å². The first-order chi connectivity index (χ1) is 14.1. The zero-order valence-corrected chi connectivity index (χ0v) is 17.1. The van der Waals surface area contributed by atoms with Gasteiger partial charge in [0, 0.05) is 49.7 Å². The summed E-state index contributed by atoms with van der Waals surface area (Å²) in [4.78, 5) is 23.8. The average molecular weight is 421 g/mol. The van der Waals surface area contributed by atoms with Gasteiger partial charge in [0.1, 0.15) is 0 Å². The molecule has 7 heteroatoms. The Balaban J connectivity index is 1.37. The molecule has 5 nitrogen and oxygen atoms in total. The molecule has 0 aliphatic rings. The van der Waals surface area contributed by atoms with Crippen molar-refractivity contribution < 1.29 is 4.79 Å². The summed E-state index contributed by atoms with van der Waals surface area (Å²) in [6.07, 6.45) is 2.12. The van der Waals surface area contributed by atoms with Gasteiger partial charge in [-0.15, -0.1) is 11.3 Å². The maximum Gasteiger partial charge on any atom is 0.230 e. The molecule has 3 N–H and O–H groups in total. The van der Waals surface area contributed by atoms with Crippen molar-refractivity contribution in [1.29, 1.82) is 0 Å². The van der Waals surface area contributed by atoms with Crippen LogP contribution >= 0.6 is 22.9 Å². The molecule has 0 spiro atoms. The summed E-state index contributed by atoms with van der Waals surface area (Å²) in [7, 11) is 0. The van der Waals surface area contributed by atoms with Crippen LogP contribution in [0.1, 0.15) is 11.3 Å². The molecule has 0 bridgehead atoms. The molecule has 0 aliphatic heterocycles. The van der Waals surface area contributed by atoms with E-state index in [2.05, 4.69) is 32.4 Å². The van der Waals surface area contributed by atoms with Crippen LogP contribution in [0.25, 0.3) is 33.1 Å². The van der Waals surface area contributed by atoms with Crippen molar-refractivity contribution in [2.24, 2.45) is 0 Å². The number of carbonyl (C=O) groups excluding carboxylic acids is 1. The molecule has 0 saturated carbocycles. The predicted octanol–water partition coefficient (Wildman–Crippen LogP) is 5.92. The fraction of sp³-hybridized carbons (Fsp3) is 0.0909. The van der Waals surface area contributed by atoms with E-state index in [9.17, 15) is 4.79 Å². The van der Waals surface area contributed by atoms with Crippen LogP contribution in [0.4, 0.5) is 5.13 Å². The number of hydrogen-bond donors (Lipinski definition) is 3. The van der Waals surface area contributed by atoms with Gasteiger partial charge in [0.25, 0.3) is 0 Å². The lowest BCUT2D eigenvalue weighted by molar-refractivity contribution is -0.115. The van der Waals surface area contributed by atoms with Crippen molar-refractivity contribution in [2.45, 2.75) is 13.3 Å². The molecule has 5 aromatic rings. The van der Waals surface area contributed by atoms with Gasteiger partial charge in [0.2, 0.25) is 5.91 Å². The minimum absolute atomic E-state index is 0.0996. The quantitative estimate of drug-likeness (QED) is 0.338. The van der Waals surface area contributed by atoms with E-state index in [1.807, 2.05) is 48.8 Å².